The number of benzene rings is 3. The van der Waals surface area contributed by atoms with Crippen molar-refractivity contribution >= 4 is 28.8 Å². The number of carbonyl (C=O) groups is 1. The Morgan fingerprint density at radius 3 is 2.26 bits per heavy atom. The molecule has 0 aliphatic carbocycles. The Morgan fingerprint density at radius 2 is 1.52 bits per heavy atom. The molecule has 1 amide bonds. The van der Waals surface area contributed by atoms with Crippen LogP contribution in [-0.2, 0) is 0 Å². The van der Waals surface area contributed by atoms with Crippen LogP contribution in [0.5, 0.6) is 0 Å². The van der Waals surface area contributed by atoms with Gasteiger partial charge in [0.2, 0.25) is 0 Å². The summed E-state index contributed by atoms with van der Waals surface area (Å²) >= 11 is 0. The van der Waals surface area contributed by atoms with Gasteiger partial charge >= 0.3 is 0 Å². The summed E-state index contributed by atoms with van der Waals surface area (Å²) in [6.45, 7) is 0. The molecule has 0 aromatic heterocycles. The molecule has 23 heavy (non-hydrogen) atoms. The number of rotatable bonds is 3. The van der Waals surface area contributed by atoms with Crippen LogP contribution in [0.2, 0.25) is 0 Å². The third-order valence-corrected chi connectivity index (χ3v) is 3.85. The van der Waals surface area contributed by atoms with E-state index in [0.29, 0.717) is 0 Å². The van der Waals surface area contributed by atoms with Gasteiger partial charge in [0.15, 0.2) is 0 Å². The molecule has 0 fully saturated rings. The zero-order valence-corrected chi connectivity index (χ0v) is 13.4. The molecule has 0 bridgehead atoms. The zero-order chi connectivity index (χ0) is 16.2. The molecule has 0 spiro atoms. The van der Waals surface area contributed by atoms with Gasteiger partial charge in [-0.05, 0) is 28.0 Å². The maximum atomic E-state index is 12.5. The molecular formula is C21H19NO. The number of amides is 1. The molecule has 0 saturated heterocycles. The molecule has 0 saturated carbocycles. The number of carbonyl (C=O) groups excluding carboxylic acids is 1. The summed E-state index contributed by atoms with van der Waals surface area (Å²) in [4.78, 5) is 14.1. The third-order valence-electron chi connectivity index (χ3n) is 3.85. The second-order valence-corrected chi connectivity index (χ2v) is 5.69. The number of hydrogen-bond donors (Lipinski definition) is 0. The molecule has 0 atom stereocenters. The Morgan fingerprint density at radius 1 is 0.826 bits per heavy atom. The molecule has 3 rings (SSSR count). The van der Waals surface area contributed by atoms with Crippen LogP contribution in [0.4, 0.5) is 0 Å². The molecule has 0 N–H and O–H groups in total. The Labute approximate surface area is 136 Å². The molecule has 3 aromatic rings. The summed E-state index contributed by atoms with van der Waals surface area (Å²) in [5, 5.41) is 2.22. The molecule has 2 heteroatoms. The van der Waals surface area contributed by atoms with E-state index < -0.39 is 0 Å². The van der Waals surface area contributed by atoms with Gasteiger partial charge in [0.25, 0.3) is 5.91 Å². The van der Waals surface area contributed by atoms with Gasteiger partial charge in [-0.15, -0.1) is 0 Å². The number of hydrogen-bond acceptors (Lipinski definition) is 1. The highest BCUT2D eigenvalue weighted by Gasteiger charge is 2.14. The fourth-order valence-corrected chi connectivity index (χ4v) is 2.65. The van der Waals surface area contributed by atoms with Crippen LogP contribution < -0.4 is 0 Å². The first-order chi connectivity index (χ1) is 11.2. The highest BCUT2D eigenvalue weighted by atomic mass is 16.2. The van der Waals surface area contributed by atoms with Crippen molar-refractivity contribution in [3.63, 3.8) is 0 Å². The summed E-state index contributed by atoms with van der Waals surface area (Å²) in [6, 6.07) is 22.2. The van der Waals surface area contributed by atoms with Crippen molar-refractivity contribution in [2.75, 3.05) is 14.1 Å². The molecule has 0 aliphatic heterocycles. The summed E-state index contributed by atoms with van der Waals surface area (Å²) in [6.07, 6.45) is 4.09. The second-order valence-electron chi connectivity index (χ2n) is 5.69. The van der Waals surface area contributed by atoms with Crippen LogP contribution >= 0.6 is 0 Å². The van der Waals surface area contributed by atoms with Crippen LogP contribution in [0.25, 0.3) is 22.9 Å². The smallest absolute Gasteiger partial charge is 0.253 e. The van der Waals surface area contributed by atoms with Gasteiger partial charge < -0.3 is 4.90 Å². The first-order valence-electron chi connectivity index (χ1n) is 7.63. The van der Waals surface area contributed by atoms with E-state index in [2.05, 4.69) is 24.3 Å². The highest BCUT2D eigenvalue weighted by molar-refractivity contribution is 6.05. The quantitative estimate of drug-likeness (QED) is 0.641. The SMILES string of the molecule is CN(C)C(=O)c1ccc2ccccc2c1C=Cc1ccccc1. The maximum absolute atomic E-state index is 12.5. The summed E-state index contributed by atoms with van der Waals surface area (Å²) in [7, 11) is 3.56. The van der Waals surface area contributed by atoms with Crippen LogP contribution in [0.15, 0.2) is 66.7 Å². The molecule has 0 heterocycles. The Kier molecular flexibility index (Phi) is 4.24. The summed E-state index contributed by atoms with van der Waals surface area (Å²) in [5.74, 6) is 0.0171. The van der Waals surface area contributed by atoms with Gasteiger partial charge in [-0.1, -0.05) is 72.8 Å². The monoisotopic (exact) mass is 301 g/mol. The van der Waals surface area contributed by atoms with E-state index in [-0.39, 0.29) is 5.91 Å². The predicted octanol–water partition coefficient (Wildman–Crippen LogP) is 4.71. The molecular weight excluding hydrogens is 282 g/mol. The molecule has 114 valence electrons. The fraction of sp³-hybridized carbons (Fsp3) is 0.0952. The van der Waals surface area contributed by atoms with Crippen molar-refractivity contribution in [2.24, 2.45) is 0 Å². The minimum absolute atomic E-state index is 0.0171. The van der Waals surface area contributed by atoms with E-state index in [1.807, 2.05) is 54.6 Å². The van der Waals surface area contributed by atoms with Gasteiger partial charge in [-0.25, -0.2) is 0 Å². The van der Waals surface area contributed by atoms with Crippen molar-refractivity contribution < 1.29 is 4.79 Å². The number of fused-ring (bicyclic) bond motifs is 1. The van der Waals surface area contributed by atoms with Crippen LogP contribution in [0.1, 0.15) is 21.5 Å². The summed E-state index contributed by atoms with van der Waals surface area (Å²) < 4.78 is 0. The standard InChI is InChI=1S/C21H19NO/c1-22(2)21(23)20-15-13-17-10-6-7-11-18(17)19(20)14-12-16-8-4-3-5-9-16/h3-15H,1-2H3. The van der Waals surface area contributed by atoms with Crippen molar-refractivity contribution in [1.29, 1.82) is 0 Å². The Hall–Kier alpha value is -2.87. The van der Waals surface area contributed by atoms with E-state index in [1.165, 1.54) is 0 Å². The van der Waals surface area contributed by atoms with Crippen LogP contribution in [-0.4, -0.2) is 24.9 Å². The first-order valence-corrected chi connectivity index (χ1v) is 7.63. The normalized spacial score (nSPS) is 11.0. The lowest BCUT2D eigenvalue weighted by Crippen LogP contribution is -2.22. The Balaban J connectivity index is 2.17. The fourth-order valence-electron chi connectivity index (χ4n) is 2.65. The average molecular weight is 301 g/mol. The average Bonchev–Trinajstić information content (AvgIpc) is 2.59. The van der Waals surface area contributed by atoms with Crippen molar-refractivity contribution in [3.05, 3.63) is 83.4 Å². The van der Waals surface area contributed by atoms with Crippen molar-refractivity contribution in [1.82, 2.24) is 4.90 Å². The van der Waals surface area contributed by atoms with E-state index in [1.54, 1.807) is 19.0 Å². The topological polar surface area (TPSA) is 20.3 Å². The maximum Gasteiger partial charge on any atom is 0.253 e. The minimum Gasteiger partial charge on any atom is -0.345 e. The van der Waals surface area contributed by atoms with E-state index >= 15 is 0 Å². The van der Waals surface area contributed by atoms with Crippen molar-refractivity contribution in [2.45, 2.75) is 0 Å². The van der Waals surface area contributed by atoms with Crippen molar-refractivity contribution in [3.8, 4) is 0 Å². The van der Waals surface area contributed by atoms with Crippen LogP contribution in [0, 0.1) is 0 Å². The Bertz CT molecular complexity index is 863. The minimum atomic E-state index is 0.0171. The van der Waals surface area contributed by atoms with Crippen LogP contribution in [0.3, 0.4) is 0 Å². The predicted molar refractivity (Wildman–Crippen MR) is 97.3 cm³/mol. The van der Waals surface area contributed by atoms with Gasteiger partial charge in [0.1, 0.15) is 0 Å². The molecule has 2 nitrogen and oxygen atoms in total. The molecule has 0 radical (unpaired) electrons. The molecule has 0 unspecified atom stereocenters. The van der Waals surface area contributed by atoms with Gasteiger partial charge in [0, 0.05) is 19.7 Å². The van der Waals surface area contributed by atoms with E-state index in [9.17, 15) is 4.79 Å². The number of nitrogens with zero attached hydrogens (tertiary/aromatic N) is 1. The zero-order valence-electron chi connectivity index (χ0n) is 13.4. The van der Waals surface area contributed by atoms with Gasteiger partial charge in [0.05, 0.1) is 0 Å². The summed E-state index contributed by atoms with van der Waals surface area (Å²) in [5.41, 5.74) is 2.80. The van der Waals surface area contributed by atoms with Gasteiger partial charge in [-0.2, -0.15) is 0 Å². The first kappa shape index (κ1) is 15.0. The lowest BCUT2D eigenvalue weighted by Gasteiger charge is -2.14. The molecule has 0 aliphatic rings. The lowest BCUT2D eigenvalue weighted by molar-refractivity contribution is 0.0827. The third kappa shape index (κ3) is 3.16. The highest BCUT2D eigenvalue weighted by Crippen LogP contribution is 2.25. The second kappa shape index (κ2) is 6.49. The molecule has 3 aromatic carbocycles. The van der Waals surface area contributed by atoms with E-state index in [4.69, 9.17) is 0 Å². The largest absolute Gasteiger partial charge is 0.345 e. The lowest BCUT2D eigenvalue weighted by atomic mass is 9.97. The van der Waals surface area contributed by atoms with E-state index in [0.717, 1.165) is 27.5 Å². The van der Waals surface area contributed by atoms with Gasteiger partial charge in [-0.3, -0.25) is 4.79 Å².